The van der Waals surface area contributed by atoms with Crippen LogP contribution in [0.25, 0.3) is 11.1 Å². The van der Waals surface area contributed by atoms with Crippen LogP contribution in [0.5, 0.6) is 0 Å². The predicted molar refractivity (Wildman–Crippen MR) is 61.6 cm³/mol. The summed E-state index contributed by atoms with van der Waals surface area (Å²) in [5.41, 5.74) is 2.62. The maximum absolute atomic E-state index is 12.7. The average Bonchev–Trinajstić information content (AvgIpc) is 2.30. The Morgan fingerprint density at radius 2 is 1.56 bits per heavy atom. The summed E-state index contributed by atoms with van der Waals surface area (Å²) in [5, 5.41) is 0. The minimum absolute atomic E-state index is 0.112. The predicted octanol–water partition coefficient (Wildman–Crippen LogP) is 4.60. The van der Waals surface area contributed by atoms with E-state index >= 15 is 0 Å². The molecule has 0 radical (unpaired) electrons. The van der Waals surface area contributed by atoms with Crippen LogP contribution in [-0.4, -0.2) is 0 Å². The van der Waals surface area contributed by atoms with E-state index in [0.29, 0.717) is 5.56 Å². The van der Waals surface area contributed by atoms with Crippen molar-refractivity contribution < 1.29 is 8.78 Å². The number of rotatable bonds is 2. The normalized spacial score (nSPS) is 10.8. The van der Waals surface area contributed by atoms with Crippen LogP contribution in [0.3, 0.4) is 0 Å². The zero-order chi connectivity index (χ0) is 11.5. The first-order valence-corrected chi connectivity index (χ1v) is 5.13. The molecule has 82 valence electrons. The molecule has 0 N–H and O–H groups in total. The molecule has 0 amide bonds. The second-order valence-corrected chi connectivity index (χ2v) is 3.69. The molecule has 0 spiro atoms. The van der Waals surface area contributed by atoms with Gasteiger partial charge in [-0.15, -0.1) is 0 Å². The van der Waals surface area contributed by atoms with Crippen LogP contribution in [-0.2, 0) is 0 Å². The molecular weight excluding hydrogens is 206 g/mol. The van der Waals surface area contributed by atoms with Crippen molar-refractivity contribution in [1.82, 2.24) is 0 Å². The molecule has 0 aromatic heterocycles. The Morgan fingerprint density at radius 3 is 2.19 bits per heavy atom. The molecule has 0 aliphatic heterocycles. The third-order valence-corrected chi connectivity index (χ3v) is 2.70. The lowest BCUT2D eigenvalue weighted by molar-refractivity contribution is 0.150. The highest BCUT2D eigenvalue weighted by atomic mass is 19.3. The largest absolute Gasteiger partial charge is 0.264 e. The third kappa shape index (κ3) is 1.96. The quantitative estimate of drug-likeness (QED) is 0.691. The molecule has 0 aliphatic carbocycles. The second-order valence-electron chi connectivity index (χ2n) is 3.69. The molecule has 2 aromatic rings. The van der Waals surface area contributed by atoms with Gasteiger partial charge in [0.1, 0.15) is 0 Å². The van der Waals surface area contributed by atoms with Gasteiger partial charge >= 0.3 is 0 Å². The minimum atomic E-state index is -2.41. The maximum atomic E-state index is 12.7. The molecule has 0 fully saturated rings. The van der Waals surface area contributed by atoms with Crippen molar-refractivity contribution in [2.24, 2.45) is 0 Å². The lowest BCUT2D eigenvalue weighted by atomic mass is 9.97. The van der Waals surface area contributed by atoms with Crippen LogP contribution < -0.4 is 0 Å². The van der Waals surface area contributed by atoms with Crippen molar-refractivity contribution in [2.75, 3.05) is 0 Å². The Morgan fingerprint density at radius 1 is 0.875 bits per heavy atom. The van der Waals surface area contributed by atoms with Crippen molar-refractivity contribution >= 4 is 0 Å². The highest BCUT2D eigenvalue weighted by Gasteiger charge is 2.13. The fraction of sp³-hybridized carbons (Fsp3) is 0.143. The van der Waals surface area contributed by atoms with E-state index in [4.69, 9.17) is 0 Å². The van der Waals surface area contributed by atoms with E-state index in [2.05, 4.69) is 0 Å². The van der Waals surface area contributed by atoms with Gasteiger partial charge in [0.05, 0.1) is 0 Å². The van der Waals surface area contributed by atoms with Gasteiger partial charge in [-0.1, -0.05) is 48.5 Å². The highest BCUT2D eigenvalue weighted by Crippen LogP contribution is 2.30. The van der Waals surface area contributed by atoms with Gasteiger partial charge in [-0.3, -0.25) is 0 Å². The zero-order valence-electron chi connectivity index (χ0n) is 8.95. The van der Waals surface area contributed by atoms with Crippen molar-refractivity contribution in [3.63, 3.8) is 0 Å². The highest BCUT2D eigenvalue weighted by molar-refractivity contribution is 5.68. The van der Waals surface area contributed by atoms with E-state index in [0.717, 1.165) is 11.1 Å². The Labute approximate surface area is 93.5 Å². The van der Waals surface area contributed by atoms with Gasteiger partial charge in [-0.05, 0) is 23.6 Å². The molecule has 0 saturated carbocycles. The molecule has 2 rings (SSSR count). The van der Waals surface area contributed by atoms with E-state index in [9.17, 15) is 8.78 Å². The van der Waals surface area contributed by atoms with Crippen molar-refractivity contribution in [1.29, 1.82) is 0 Å². The maximum Gasteiger partial charge on any atom is 0.264 e. The van der Waals surface area contributed by atoms with E-state index in [1.165, 1.54) is 6.07 Å². The van der Waals surface area contributed by atoms with E-state index in [1.54, 1.807) is 13.0 Å². The van der Waals surface area contributed by atoms with Gasteiger partial charge in [0.25, 0.3) is 6.43 Å². The summed E-state index contributed by atoms with van der Waals surface area (Å²) in [6, 6.07) is 14.6. The summed E-state index contributed by atoms with van der Waals surface area (Å²) in [4.78, 5) is 0. The summed E-state index contributed by atoms with van der Waals surface area (Å²) in [5.74, 6) is 0. The van der Waals surface area contributed by atoms with Gasteiger partial charge in [0.2, 0.25) is 0 Å². The Bertz CT molecular complexity index is 475. The molecule has 2 heteroatoms. The Balaban J connectivity index is 2.55. The van der Waals surface area contributed by atoms with E-state index in [-0.39, 0.29) is 5.56 Å². The van der Waals surface area contributed by atoms with Crippen molar-refractivity contribution in [3.8, 4) is 11.1 Å². The topological polar surface area (TPSA) is 0 Å². The molecule has 0 unspecified atom stereocenters. The van der Waals surface area contributed by atoms with Gasteiger partial charge in [-0.25, -0.2) is 8.78 Å². The summed E-state index contributed by atoms with van der Waals surface area (Å²) in [6.07, 6.45) is -2.41. The van der Waals surface area contributed by atoms with Gasteiger partial charge in [-0.2, -0.15) is 0 Å². The molecule has 0 nitrogen and oxygen atoms in total. The number of hydrogen-bond donors (Lipinski definition) is 0. The first-order valence-electron chi connectivity index (χ1n) is 5.13. The first kappa shape index (κ1) is 10.8. The Kier molecular flexibility index (Phi) is 3.00. The average molecular weight is 218 g/mol. The SMILES string of the molecule is Cc1c(-c2ccccc2)cccc1C(F)F. The molecule has 0 atom stereocenters. The molecular formula is C14H12F2. The van der Waals surface area contributed by atoms with E-state index in [1.807, 2.05) is 36.4 Å². The molecule has 0 bridgehead atoms. The molecule has 0 aliphatic rings. The number of benzene rings is 2. The van der Waals surface area contributed by atoms with Crippen LogP contribution in [0.4, 0.5) is 8.78 Å². The number of halogens is 2. The van der Waals surface area contributed by atoms with Crippen molar-refractivity contribution in [2.45, 2.75) is 13.3 Å². The van der Waals surface area contributed by atoms with Gasteiger partial charge < -0.3 is 0 Å². The fourth-order valence-electron chi connectivity index (χ4n) is 1.82. The summed E-state index contributed by atoms with van der Waals surface area (Å²) < 4.78 is 25.4. The van der Waals surface area contributed by atoms with Crippen molar-refractivity contribution in [3.05, 3.63) is 59.7 Å². The lowest BCUT2D eigenvalue weighted by Gasteiger charge is -2.10. The summed E-state index contributed by atoms with van der Waals surface area (Å²) in [7, 11) is 0. The van der Waals surface area contributed by atoms with Gasteiger partial charge in [0.15, 0.2) is 0 Å². The van der Waals surface area contributed by atoms with Crippen LogP contribution in [0.15, 0.2) is 48.5 Å². The molecule has 16 heavy (non-hydrogen) atoms. The standard InChI is InChI=1S/C14H12F2/c1-10-12(11-6-3-2-4-7-11)8-5-9-13(10)14(15)16/h2-9,14H,1H3. The fourth-order valence-corrected chi connectivity index (χ4v) is 1.82. The first-order chi connectivity index (χ1) is 7.70. The lowest BCUT2D eigenvalue weighted by Crippen LogP contribution is -1.92. The minimum Gasteiger partial charge on any atom is -0.205 e. The van der Waals surface area contributed by atoms with Crippen LogP contribution in [0.1, 0.15) is 17.6 Å². The molecule has 0 heterocycles. The summed E-state index contributed by atoms with van der Waals surface area (Å²) in [6.45, 7) is 1.74. The smallest absolute Gasteiger partial charge is 0.205 e. The number of alkyl halides is 2. The third-order valence-electron chi connectivity index (χ3n) is 2.70. The van der Waals surface area contributed by atoms with Crippen LogP contribution >= 0.6 is 0 Å². The van der Waals surface area contributed by atoms with E-state index < -0.39 is 6.43 Å². The zero-order valence-corrected chi connectivity index (χ0v) is 8.95. The second kappa shape index (κ2) is 4.44. The van der Waals surface area contributed by atoms with Crippen LogP contribution in [0.2, 0.25) is 0 Å². The van der Waals surface area contributed by atoms with Gasteiger partial charge in [0, 0.05) is 5.56 Å². The molecule has 0 saturated heterocycles. The Hall–Kier alpha value is -1.70. The molecule has 2 aromatic carbocycles. The number of hydrogen-bond acceptors (Lipinski definition) is 0. The monoisotopic (exact) mass is 218 g/mol. The summed E-state index contributed by atoms with van der Waals surface area (Å²) >= 11 is 0. The van der Waals surface area contributed by atoms with Crippen LogP contribution in [0, 0.1) is 6.92 Å².